The normalized spacial score (nSPS) is 13.5. The fourth-order valence-corrected chi connectivity index (χ4v) is 2.40. The first-order valence-electron chi connectivity index (χ1n) is 5.24. The third-order valence-corrected chi connectivity index (χ3v) is 3.83. The van der Waals surface area contributed by atoms with Crippen molar-refractivity contribution in [1.82, 2.24) is 4.98 Å². The fraction of sp³-hybridized carbons (Fsp3) is 0.727. The van der Waals surface area contributed by atoms with Crippen molar-refractivity contribution in [3.05, 3.63) is 16.1 Å². The predicted molar refractivity (Wildman–Crippen MR) is 62.6 cm³/mol. The number of nitrogens with zero attached hydrogens (tertiary/aromatic N) is 1. The molecule has 1 rings (SSSR count). The molecule has 1 aromatic heterocycles. The molecule has 0 aliphatic heterocycles. The third kappa shape index (κ3) is 3.07. The van der Waals surface area contributed by atoms with Crippen molar-refractivity contribution in [2.24, 2.45) is 17.6 Å². The second-order valence-corrected chi connectivity index (χ2v) is 5.08. The molecule has 14 heavy (non-hydrogen) atoms. The van der Waals surface area contributed by atoms with Crippen LogP contribution in [0, 0.1) is 18.8 Å². The molecule has 0 aliphatic carbocycles. The molecule has 1 atom stereocenters. The summed E-state index contributed by atoms with van der Waals surface area (Å²) in [6, 6.07) is 0. The van der Waals surface area contributed by atoms with Crippen LogP contribution in [0.2, 0.25) is 0 Å². The van der Waals surface area contributed by atoms with Crippen LogP contribution in [-0.2, 0) is 6.42 Å². The number of aryl methyl sites for hydroxylation is 2. The van der Waals surface area contributed by atoms with Crippen LogP contribution in [-0.4, -0.2) is 11.5 Å². The van der Waals surface area contributed by atoms with E-state index < -0.39 is 0 Å². The maximum Gasteiger partial charge on any atom is 0.0797 e. The molecule has 0 fully saturated rings. The average Bonchev–Trinajstić information content (AvgIpc) is 2.52. The predicted octanol–water partition coefficient (Wildman–Crippen LogP) is 2.62. The van der Waals surface area contributed by atoms with Crippen LogP contribution < -0.4 is 5.73 Å². The number of aromatic nitrogens is 1. The smallest absolute Gasteiger partial charge is 0.0797 e. The number of thiazole rings is 1. The Morgan fingerprint density at radius 3 is 2.64 bits per heavy atom. The Kier molecular flexibility index (Phi) is 4.55. The summed E-state index contributed by atoms with van der Waals surface area (Å²) >= 11 is 1.76. The van der Waals surface area contributed by atoms with Gasteiger partial charge in [0.1, 0.15) is 0 Å². The molecule has 1 unspecified atom stereocenters. The lowest BCUT2D eigenvalue weighted by Gasteiger charge is -2.18. The zero-order valence-electron chi connectivity index (χ0n) is 9.29. The number of rotatable bonds is 5. The van der Waals surface area contributed by atoms with Crippen molar-refractivity contribution >= 4 is 11.3 Å². The van der Waals surface area contributed by atoms with Crippen LogP contribution in [0.5, 0.6) is 0 Å². The van der Waals surface area contributed by atoms with Gasteiger partial charge in [0.25, 0.3) is 0 Å². The number of nitrogens with two attached hydrogens (primary N) is 1. The first-order chi connectivity index (χ1) is 6.65. The van der Waals surface area contributed by atoms with Crippen LogP contribution >= 0.6 is 11.3 Å². The van der Waals surface area contributed by atoms with Crippen molar-refractivity contribution < 1.29 is 0 Å². The van der Waals surface area contributed by atoms with Gasteiger partial charge in [0.05, 0.1) is 11.2 Å². The van der Waals surface area contributed by atoms with Crippen molar-refractivity contribution in [3.8, 4) is 0 Å². The van der Waals surface area contributed by atoms with E-state index in [1.165, 1.54) is 17.0 Å². The first-order valence-corrected chi connectivity index (χ1v) is 6.12. The molecule has 1 aromatic rings. The Labute approximate surface area is 90.6 Å². The molecule has 2 nitrogen and oxygen atoms in total. The average molecular weight is 212 g/mol. The summed E-state index contributed by atoms with van der Waals surface area (Å²) < 4.78 is 0. The molecular formula is C11H20N2S. The van der Waals surface area contributed by atoms with E-state index in [9.17, 15) is 0 Å². The molecule has 80 valence electrons. The quantitative estimate of drug-likeness (QED) is 0.815. The molecule has 3 heteroatoms. The zero-order valence-corrected chi connectivity index (χ0v) is 10.1. The summed E-state index contributed by atoms with van der Waals surface area (Å²) in [5.74, 6) is 1.34. The summed E-state index contributed by atoms with van der Waals surface area (Å²) in [4.78, 5) is 5.67. The minimum absolute atomic E-state index is 0.650. The van der Waals surface area contributed by atoms with Gasteiger partial charge in [0, 0.05) is 4.88 Å². The Bertz CT molecular complexity index is 268. The highest BCUT2D eigenvalue weighted by Gasteiger charge is 2.12. The van der Waals surface area contributed by atoms with E-state index in [4.69, 9.17) is 5.73 Å². The molecule has 0 aromatic carbocycles. The van der Waals surface area contributed by atoms with Gasteiger partial charge in [-0.2, -0.15) is 0 Å². The monoisotopic (exact) mass is 212 g/mol. The first kappa shape index (κ1) is 11.7. The molecule has 0 amide bonds. The van der Waals surface area contributed by atoms with E-state index >= 15 is 0 Å². The number of hydrogen-bond donors (Lipinski definition) is 1. The lowest BCUT2D eigenvalue weighted by molar-refractivity contribution is 0.370. The summed E-state index contributed by atoms with van der Waals surface area (Å²) in [6.07, 6.45) is 2.33. The van der Waals surface area contributed by atoms with Crippen molar-refractivity contribution in [1.29, 1.82) is 0 Å². The van der Waals surface area contributed by atoms with Gasteiger partial charge in [-0.15, -0.1) is 11.3 Å². The van der Waals surface area contributed by atoms with E-state index in [1.807, 2.05) is 5.51 Å². The molecule has 1 heterocycles. The third-order valence-electron chi connectivity index (χ3n) is 2.83. The Morgan fingerprint density at radius 1 is 1.50 bits per heavy atom. The minimum atomic E-state index is 0.650. The second kappa shape index (κ2) is 5.47. The van der Waals surface area contributed by atoms with Crippen LogP contribution in [0.25, 0.3) is 0 Å². The van der Waals surface area contributed by atoms with Gasteiger partial charge in [-0.25, -0.2) is 4.98 Å². The van der Waals surface area contributed by atoms with E-state index in [-0.39, 0.29) is 0 Å². The van der Waals surface area contributed by atoms with Crippen LogP contribution in [0.4, 0.5) is 0 Å². The molecule has 0 spiro atoms. The molecule has 0 saturated heterocycles. The highest BCUT2D eigenvalue weighted by molar-refractivity contribution is 7.09. The second-order valence-electron chi connectivity index (χ2n) is 4.14. The lowest BCUT2D eigenvalue weighted by Crippen LogP contribution is -2.20. The van der Waals surface area contributed by atoms with E-state index in [0.29, 0.717) is 11.8 Å². The van der Waals surface area contributed by atoms with Gasteiger partial charge in [-0.1, -0.05) is 13.8 Å². The largest absolute Gasteiger partial charge is 0.330 e. The van der Waals surface area contributed by atoms with E-state index in [1.54, 1.807) is 11.3 Å². The van der Waals surface area contributed by atoms with Crippen LogP contribution in [0.15, 0.2) is 5.51 Å². The topological polar surface area (TPSA) is 38.9 Å². The van der Waals surface area contributed by atoms with E-state index in [2.05, 4.69) is 25.8 Å². The summed E-state index contributed by atoms with van der Waals surface area (Å²) in [7, 11) is 0. The van der Waals surface area contributed by atoms with Crippen LogP contribution in [0.3, 0.4) is 0 Å². The summed E-state index contributed by atoms with van der Waals surface area (Å²) in [6.45, 7) is 7.38. The SMILES string of the molecule is Cc1ncsc1CCC(CN)C(C)C. The van der Waals surface area contributed by atoms with Gasteiger partial charge in [-0.05, 0) is 38.1 Å². The lowest BCUT2D eigenvalue weighted by atomic mass is 9.91. The maximum atomic E-state index is 5.74. The summed E-state index contributed by atoms with van der Waals surface area (Å²) in [5, 5.41) is 0. The standard InChI is InChI=1S/C11H20N2S/c1-8(2)10(6-12)4-5-11-9(3)13-7-14-11/h7-8,10H,4-6,12H2,1-3H3. The van der Waals surface area contributed by atoms with Gasteiger partial charge < -0.3 is 5.73 Å². The molecule has 0 aliphatic rings. The Morgan fingerprint density at radius 2 is 2.21 bits per heavy atom. The van der Waals surface area contributed by atoms with E-state index in [0.717, 1.165) is 13.0 Å². The van der Waals surface area contributed by atoms with Crippen molar-refractivity contribution in [3.63, 3.8) is 0 Å². The van der Waals surface area contributed by atoms with Gasteiger partial charge in [-0.3, -0.25) is 0 Å². The highest BCUT2D eigenvalue weighted by Crippen LogP contribution is 2.20. The fourth-order valence-electron chi connectivity index (χ4n) is 1.61. The molecule has 0 saturated carbocycles. The molecule has 0 radical (unpaired) electrons. The summed E-state index contributed by atoms with van der Waals surface area (Å²) in [5.41, 5.74) is 8.86. The molecule has 0 bridgehead atoms. The van der Waals surface area contributed by atoms with Gasteiger partial charge >= 0.3 is 0 Å². The number of hydrogen-bond acceptors (Lipinski definition) is 3. The Hall–Kier alpha value is -0.410. The maximum absolute atomic E-state index is 5.74. The van der Waals surface area contributed by atoms with Gasteiger partial charge in [0.15, 0.2) is 0 Å². The molecule has 2 N–H and O–H groups in total. The van der Waals surface area contributed by atoms with Crippen molar-refractivity contribution in [2.45, 2.75) is 33.6 Å². The van der Waals surface area contributed by atoms with Crippen LogP contribution in [0.1, 0.15) is 30.8 Å². The van der Waals surface area contributed by atoms with Gasteiger partial charge in [0.2, 0.25) is 0 Å². The minimum Gasteiger partial charge on any atom is -0.330 e. The van der Waals surface area contributed by atoms with Crippen molar-refractivity contribution in [2.75, 3.05) is 6.54 Å². The molecular weight excluding hydrogens is 192 g/mol. The zero-order chi connectivity index (χ0) is 10.6. The Balaban J connectivity index is 2.43. The highest BCUT2D eigenvalue weighted by atomic mass is 32.1.